The molecule has 0 unspecified atom stereocenters. The van der Waals surface area contributed by atoms with Crippen LogP contribution in [0.1, 0.15) is 44.6 Å². The van der Waals surface area contributed by atoms with E-state index >= 15 is 0 Å². The van der Waals surface area contributed by atoms with Crippen LogP contribution in [0.25, 0.3) is 17.0 Å². The summed E-state index contributed by atoms with van der Waals surface area (Å²) in [4.78, 5) is 27.5. The van der Waals surface area contributed by atoms with Gasteiger partial charge in [0.05, 0.1) is 6.10 Å². The zero-order valence-electron chi connectivity index (χ0n) is 18.5. The van der Waals surface area contributed by atoms with E-state index in [0.717, 1.165) is 61.7 Å². The Labute approximate surface area is 188 Å². The van der Waals surface area contributed by atoms with E-state index < -0.39 is 5.91 Å². The molecule has 7 heteroatoms. The van der Waals surface area contributed by atoms with Crippen LogP contribution in [-0.4, -0.2) is 53.1 Å². The Kier molecular flexibility index (Phi) is 6.91. The van der Waals surface area contributed by atoms with Gasteiger partial charge in [-0.2, -0.15) is 5.26 Å². The summed E-state index contributed by atoms with van der Waals surface area (Å²) in [5, 5.41) is 13.3. The number of carbonyl (C=O) groups excluding carboxylic acids is 2. The number of aromatic nitrogens is 1. The molecule has 2 atom stereocenters. The first-order valence-electron chi connectivity index (χ1n) is 11.5. The highest BCUT2D eigenvalue weighted by atomic mass is 16.5. The van der Waals surface area contributed by atoms with Gasteiger partial charge in [-0.25, -0.2) is 0 Å². The molecule has 2 aromatic rings. The summed E-state index contributed by atoms with van der Waals surface area (Å²) in [6.07, 6.45) is 8.65. The molecule has 0 saturated carbocycles. The lowest BCUT2D eigenvalue weighted by Crippen LogP contribution is -2.43. The van der Waals surface area contributed by atoms with Crippen LogP contribution in [-0.2, 0) is 20.9 Å². The zero-order chi connectivity index (χ0) is 22.5. The number of nitrogens with zero attached hydrogens (tertiary/aromatic N) is 3. The largest absolute Gasteiger partial charge is 0.376 e. The van der Waals surface area contributed by atoms with E-state index in [1.54, 1.807) is 6.08 Å². The number of hydrogen-bond acceptors (Lipinski definition) is 4. The average molecular weight is 435 g/mol. The smallest absolute Gasteiger partial charge is 0.262 e. The number of fused-ring (bicyclic) bond motifs is 1. The van der Waals surface area contributed by atoms with Crippen molar-refractivity contribution < 1.29 is 14.3 Å². The fourth-order valence-electron chi connectivity index (χ4n) is 4.64. The fraction of sp³-hybridized carbons (Fsp3) is 0.480. The van der Waals surface area contributed by atoms with Crippen molar-refractivity contribution in [3.8, 4) is 6.07 Å². The number of carbonyl (C=O) groups is 2. The molecule has 3 heterocycles. The maximum absolute atomic E-state index is 13.0. The van der Waals surface area contributed by atoms with E-state index in [-0.39, 0.29) is 30.2 Å². The van der Waals surface area contributed by atoms with Crippen LogP contribution in [0.4, 0.5) is 0 Å². The molecule has 168 valence electrons. The first kappa shape index (κ1) is 22.1. The molecule has 32 heavy (non-hydrogen) atoms. The maximum Gasteiger partial charge on any atom is 0.262 e. The number of piperidine rings is 1. The standard InChI is InChI=1S/C25H30N4O3/c1-18-7-4-5-11-29(18)24(30)17-28-16-20(22-9-2-3-10-23(22)28)13-19(14-26)25(31)27-15-21-8-6-12-32-21/h2-3,9-10,13,16,18,21H,4-8,11-12,15,17H2,1H3,(H,27,31)/b19-13+/t18-,21+/m0/s1. The van der Waals surface area contributed by atoms with Crippen LogP contribution < -0.4 is 5.32 Å². The Morgan fingerprint density at radius 2 is 2.09 bits per heavy atom. The number of rotatable bonds is 6. The van der Waals surface area contributed by atoms with Crippen molar-refractivity contribution in [3.05, 3.63) is 41.6 Å². The number of ether oxygens (including phenoxy) is 1. The van der Waals surface area contributed by atoms with Crippen LogP contribution in [0.5, 0.6) is 0 Å². The van der Waals surface area contributed by atoms with E-state index in [1.165, 1.54) is 0 Å². The first-order chi connectivity index (χ1) is 15.6. The lowest BCUT2D eigenvalue weighted by Gasteiger charge is -2.33. The minimum absolute atomic E-state index is 0.0176. The second-order valence-corrected chi connectivity index (χ2v) is 8.68. The average Bonchev–Trinajstić information content (AvgIpc) is 3.44. The number of likely N-dealkylation sites (tertiary alicyclic amines) is 1. The Bertz CT molecular complexity index is 1060. The number of benzene rings is 1. The van der Waals surface area contributed by atoms with Gasteiger partial charge in [0.15, 0.2) is 0 Å². The second kappa shape index (κ2) is 10.0. The molecular weight excluding hydrogens is 404 g/mol. The van der Waals surface area contributed by atoms with Crippen molar-refractivity contribution in [2.24, 2.45) is 0 Å². The van der Waals surface area contributed by atoms with Crippen LogP contribution >= 0.6 is 0 Å². The Hall–Kier alpha value is -3.11. The van der Waals surface area contributed by atoms with Gasteiger partial charge in [-0.3, -0.25) is 9.59 Å². The Morgan fingerprint density at radius 1 is 1.25 bits per heavy atom. The molecule has 0 spiro atoms. The first-order valence-corrected chi connectivity index (χ1v) is 11.5. The van der Waals surface area contributed by atoms with Gasteiger partial charge in [-0.05, 0) is 51.2 Å². The van der Waals surface area contributed by atoms with E-state index in [2.05, 4.69) is 12.2 Å². The third-order valence-corrected chi connectivity index (χ3v) is 6.43. The Balaban J connectivity index is 1.55. The molecule has 2 aliphatic rings. The van der Waals surface area contributed by atoms with Gasteiger partial charge in [0.2, 0.25) is 5.91 Å². The predicted octanol–water partition coefficient (Wildman–Crippen LogP) is 3.24. The van der Waals surface area contributed by atoms with E-state index in [1.807, 2.05) is 46.0 Å². The highest BCUT2D eigenvalue weighted by Gasteiger charge is 2.24. The molecule has 2 fully saturated rings. The van der Waals surface area contributed by atoms with Crippen molar-refractivity contribution in [1.82, 2.24) is 14.8 Å². The third-order valence-electron chi connectivity index (χ3n) is 6.43. The quantitative estimate of drug-likeness (QED) is 0.559. The summed E-state index contributed by atoms with van der Waals surface area (Å²) in [5.74, 6) is -0.304. The molecule has 4 rings (SSSR count). The lowest BCUT2D eigenvalue weighted by atomic mass is 10.0. The van der Waals surface area contributed by atoms with Crippen LogP contribution in [0, 0.1) is 11.3 Å². The fourth-order valence-corrected chi connectivity index (χ4v) is 4.64. The topological polar surface area (TPSA) is 87.4 Å². The molecular formula is C25H30N4O3. The van der Waals surface area contributed by atoms with Gasteiger partial charge in [0, 0.05) is 48.4 Å². The van der Waals surface area contributed by atoms with Crippen molar-refractivity contribution in [1.29, 1.82) is 5.26 Å². The highest BCUT2D eigenvalue weighted by molar-refractivity contribution is 6.04. The number of nitrogens with one attached hydrogen (secondary N) is 1. The summed E-state index contributed by atoms with van der Waals surface area (Å²) in [7, 11) is 0. The molecule has 1 aromatic heterocycles. The number of amides is 2. The third kappa shape index (κ3) is 4.86. The van der Waals surface area contributed by atoms with Gasteiger partial charge in [0.1, 0.15) is 18.2 Å². The minimum Gasteiger partial charge on any atom is -0.376 e. The molecule has 0 radical (unpaired) electrons. The molecule has 2 aliphatic heterocycles. The summed E-state index contributed by atoms with van der Waals surface area (Å²) >= 11 is 0. The zero-order valence-corrected chi connectivity index (χ0v) is 18.5. The summed E-state index contributed by atoms with van der Waals surface area (Å²) < 4.78 is 7.45. The van der Waals surface area contributed by atoms with E-state index in [9.17, 15) is 14.9 Å². The lowest BCUT2D eigenvalue weighted by molar-refractivity contribution is -0.135. The number of hydrogen-bond donors (Lipinski definition) is 1. The normalized spacial score (nSPS) is 21.5. The predicted molar refractivity (Wildman–Crippen MR) is 123 cm³/mol. The van der Waals surface area contributed by atoms with Gasteiger partial charge < -0.3 is 19.5 Å². The molecule has 2 amide bonds. The van der Waals surface area contributed by atoms with Crippen molar-refractivity contribution in [2.75, 3.05) is 19.7 Å². The van der Waals surface area contributed by atoms with Gasteiger partial charge in [-0.1, -0.05) is 18.2 Å². The summed E-state index contributed by atoms with van der Waals surface area (Å²) in [6.45, 7) is 4.27. The van der Waals surface area contributed by atoms with Crippen LogP contribution in [0.2, 0.25) is 0 Å². The maximum atomic E-state index is 13.0. The van der Waals surface area contributed by atoms with Crippen molar-refractivity contribution in [3.63, 3.8) is 0 Å². The monoisotopic (exact) mass is 434 g/mol. The molecule has 7 nitrogen and oxygen atoms in total. The molecule has 0 aliphatic carbocycles. The minimum atomic E-state index is -0.405. The SMILES string of the molecule is C[C@H]1CCCCN1C(=O)Cn1cc(/C=C(\C#N)C(=O)NC[C@H]2CCCO2)c2ccccc21. The summed E-state index contributed by atoms with van der Waals surface area (Å²) in [6, 6.07) is 10.0. The van der Waals surface area contributed by atoms with Gasteiger partial charge in [-0.15, -0.1) is 0 Å². The molecule has 2 saturated heterocycles. The second-order valence-electron chi connectivity index (χ2n) is 8.68. The molecule has 0 bridgehead atoms. The van der Waals surface area contributed by atoms with Crippen LogP contribution in [0.3, 0.4) is 0 Å². The summed E-state index contributed by atoms with van der Waals surface area (Å²) in [5.41, 5.74) is 1.71. The van der Waals surface area contributed by atoms with Gasteiger partial charge >= 0.3 is 0 Å². The highest BCUT2D eigenvalue weighted by Crippen LogP contribution is 2.25. The van der Waals surface area contributed by atoms with E-state index in [4.69, 9.17) is 4.74 Å². The number of para-hydroxylation sites is 1. The van der Waals surface area contributed by atoms with E-state index in [0.29, 0.717) is 6.54 Å². The van der Waals surface area contributed by atoms with Crippen molar-refractivity contribution >= 4 is 28.8 Å². The van der Waals surface area contributed by atoms with Gasteiger partial charge in [0.25, 0.3) is 5.91 Å². The van der Waals surface area contributed by atoms with Crippen LogP contribution in [0.15, 0.2) is 36.0 Å². The molecule has 1 N–H and O–H groups in total. The van der Waals surface area contributed by atoms with Crippen molar-refractivity contribution in [2.45, 2.75) is 57.7 Å². The Morgan fingerprint density at radius 3 is 2.84 bits per heavy atom. The molecule has 1 aromatic carbocycles. The number of nitriles is 1.